The third-order valence-corrected chi connectivity index (χ3v) is 9.81. The van der Waals surface area contributed by atoms with Crippen LogP contribution in [0.25, 0.3) is 17.1 Å². The monoisotopic (exact) mass is 571 g/mol. The van der Waals surface area contributed by atoms with E-state index >= 15 is 0 Å². The van der Waals surface area contributed by atoms with Crippen molar-refractivity contribution in [1.29, 1.82) is 0 Å². The van der Waals surface area contributed by atoms with Crippen LogP contribution in [0, 0.1) is 5.41 Å². The Kier molecular flexibility index (Phi) is 7.24. The van der Waals surface area contributed by atoms with Crippen LogP contribution in [0.5, 0.6) is 0 Å². The summed E-state index contributed by atoms with van der Waals surface area (Å²) in [7, 11) is -1.42. The largest absolute Gasteiger partial charge is 0.395 e. The van der Waals surface area contributed by atoms with Crippen molar-refractivity contribution in [2.24, 2.45) is 5.41 Å². The normalized spacial score (nSPS) is 21.3. The Morgan fingerprint density at radius 1 is 0.975 bits per heavy atom. The fourth-order valence-electron chi connectivity index (χ4n) is 5.52. The Bertz CT molecular complexity index is 1380. The molecule has 3 aromatic rings. The van der Waals surface area contributed by atoms with E-state index in [4.69, 9.17) is 4.98 Å². The highest BCUT2D eigenvalue weighted by molar-refractivity contribution is 7.87. The van der Waals surface area contributed by atoms with E-state index in [9.17, 15) is 18.1 Å². The van der Waals surface area contributed by atoms with Gasteiger partial charge in [-0.05, 0) is 68.4 Å². The lowest BCUT2D eigenvalue weighted by atomic mass is 9.93. The maximum absolute atomic E-state index is 13.6. The molecule has 214 valence electrons. The highest BCUT2D eigenvalue weighted by Gasteiger charge is 2.44. The number of alkyl halides is 2. The minimum atomic E-state index is -2.61. The first-order valence-corrected chi connectivity index (χ1v) is 15.2. The fraction of sp³-hybridized carbons (Fsp3) is 0.536. The molecule has 2 unspecified atom stereocenters. The molecular weight excluding hydrogens is 536 g/mol. The lowest BCUT2D eigenvalue weighted by Gasteiger charge is -2.35. The quantitative estimate of drug-likeness (QED) is 0.414. The summed E-state index contributed by atoms with van der Waals surface area (Å²) in [5.74, 6) is -1.95. The lowest BCUT2D eigenvalue weighted by Crippen LogP contribution is -2.39. The van der Waals surface area contributed by atoms with Gasteiger partial charge in [0.25, 0.3) is 5.92 Å². The van der Waals surface area contributed by atoms with Gasteiger partial charge in [-0.2, -0.15) is 0 Å². The zero-order valence-corrected chi connectivity index (χ0v) is 23.4. The van der Waals surface area contributed by atoms with Crippen LogP contribution in [0.1, 0.15) is 45.4 Å². The average Bonchev–Trinajstić information content (AvgIpc) is 3.53. The van der Waals surface area contributed by atoms with Gasteiger partial charge in [0, 0.05) is 44.7 Å². The van der Waals surface area contributed by atoms with E-state index in [-0.39, 0.29) is 32.5 Å². The summed E-state index contributed by atoms with van der Waals surface area (Å²) in [6.45, 7) is 3.97. The van der Waals surface area contributed by atoms with Crippen LogP contribution < -0.4 is 14.5 Å². The lowest BCUT2D eigenvalue weighted by molar-refractivity contribution is -0.0221. The number of aliphatic hydroxyl groups is 1. The summed E-state index contributed by atoms with van der Waals surface area (Å²) >= 11 is 0. The van der Waals surface area contributed by atoms with Crippen molar-refractivity contribution in [2.45, 2.75) is 56.6 Å². The van der Waals surface area contributed by atoms with Crippen molar-refractivity contribution in [3.63, 3.8) is 0 Å². The van der Waals surface area contributed by atoms with Gasteiger partial charge in [-0.3, -0.25) is 0 Å². The van der Waals surface area contributed by atoms with Crippen LogP contribution in [0.2, 0.25) is 0 Å². The number of hydrogen-bond acceptors (Lipinski definition) is 7. The van der Waals surface area contributed by atoms with Crippen LogP contribution in [0.4, 0.5) is 26.0 Å². The predicted molar refractivity (Wildman–Crippen MR) is 152 cm³/mol. The van der Waals surface area contributed by atoms with Gasteiger partial charge in [-0.15, -0.1) is 5.10 Å². The first kappa shape index (κ1) is 27.1. The number of benzene rings is 1. The Hall–Kier alpha value is -3.12. The molecule has 2 saturated heterocycles. The summed E-state index contributed by atoms with van der Waals surface area (Å²) in [6, 6.07) is 11.3. The molecule has 2 aromatic heterocycles. The van der Waals surface area contributed by atoms with Crippen molar-refractivity contribution in [3.05, 3.63) is 42.6 Å². The second-order valence-corrected chi connectivity index (χ2v) is 13.0. The first-order chi connectivity index (χ1) is 19.2. The molecule has 12 heteroatoms. The van der Waals surface area contributed by atoms with E-state index in [2.05, 4.69) is 19.9 Å². The minimum absolute atomic E-state index is 0.167. The van der Waals surface area contributed by atoms with Crippen molar-refractivity contribution in [3.8, 4) is 17.1 Å². The Morgan fingerprint density at radius 2 is 1.70 bits per heavy atom. The van der Waals surface area contributed by atoms with Crippen LogP contribution in [0.15, 0.2) is 42.6 Å². The molecule has 2 N–H and O–H groups in total. The maximum Gasteiger partial charge on any atom is 0.251 e. The van der Waals surface area contributed by atoms with E-state index in [1.165, 1.54) is 12.8 Å². The number of anilines is 3. The number of aliphatic hydroxyl groups excluding tert-OH is 1. The van der Waals surface area contributed by atoms with E-state index in [0.29, 0.717) is 28.3 Å². The summed E-state index contributed by atoms with van der Waals surface area (Å²) in [5.41, 5.74) is 4.28. The molecule has 9 nitrogen and oxygen atoms in total. The number of halogens is 2. The number of rotatable bonds is 8. The summed E-state index contributed by atoms with van der Waals surface area (Å²) in [4.78, 5) is 8.96. The molecule has 6 rings (SSSR count). The van der Waals surface area contributed by atoms with Crippen molar-refractivity contribution >= 4 is 28.2 Å². The molecule has 0 radical (unpaired) electrons. The Morgan fingerprint density at radius 3 is 2.40 bits per heavy atom. The van der Waals surface area contributed by atoms with Gasteiger partial charge < -0.3 is 19.6 Å². The van der Waals surface area contributed by atoms with Gasteiger partial charge in [0.1, 0.15) is 22.5 Å². The van der Waals surface area contributed by atoms with E-state index in [1.807, 2.05) is 47.5 Å². The van der Waals surface area contributed by atoms with Crippen LogP contribution >= 0.6 is 0 Å². The molecule has 3 aliphatic rings. The Balaban J connectivity index is 1.27. The molecule has 2 atom stereocenters. The van der Waals surface area contributed by atoms with Crippen LogP contribution in [-0.2, 0) is 11.0 Å². The zero-order chi connectivity index (χ0) is 27.9. The third kappa shape index (κ3) is 5.69. The summed E-state index contributed by atoms with van der Waals surface area (Å²) in [5, 5.41) is 17.8. The molecule has 1 spiro atoms. The predicted octanol–water partition coefficient (Wildman–Crippen LogP) is 4.40. The van der Waals surface area contributed by atoms with Crippen molar-refractivity contribution in [2.75, 3.05) is 47.3 Å². The van der Waals surface area contributed by atoms with E-state index < -0.39 is 22.2 Å². The molecule has 3 fully saturated rings. The molecule has 0 amide bonds. The maximum atomic E-state index is 13.6. The summed E-state index contributed by atoms with van der Waals surface area (Å²) in [6.07, 6.45) is 6.41. The number of piperidine rings is 2. The zero-order valence-electron chi connectivity index (χ0n) is 22.6. The van der Waals surface area contributed by atoms with E-state index in [0.717, 1.165) is 37.3 Å². The molecule has 2 aliphatic heterocycles. The molecule has 40 heavy (non-hydrogen) atoms. The van der Waals surface area contributed by atoms with E-state index in [1.54, 1.807) is 11.6 Å². The van der Waals surface area contributed by atoms with Gasteiger partial charge in [-0.1, -0.05) is 11.3 Å². The van der Waals surface area contributed by atoms with Crippen LogP contribution in [0.3, 0.4) is 0 Å². The molecule has 1 aromatic carbocycles. The first-order valence-electron chi connectivity index (χ1n) is 13.9. The highest BCUT2D eigenvalue weighted by Crippen LogP contribution is 2.54. The SMILES string of the molecule is CC(CO)S(=O)Nc1ccc(-n2cc(-c3cccc(N4CCC(F)(F)CC4)n3)nn2)c(N2CCC3(CC2)CC3)c1. The highest BCUT2D eigenvalue weighted by atomic mass is 32.2. The standard InChI is InChI=1S/C28H35F2N7O2S/c1-20(19-38)40(39)33-21-5-6-24(25(17-21)35-13-9-27(7-8-27)10-14-35)37-18-23(32-34-37)22-3-2-4-26(31-22)36-15-11-28(29,30)12-16-36/h2-6,17-18,20,33,38H,7-16,19H2,1H3. The third-order valence-electron chi connectivity index (χ3n) is 8.49. The topological polar surface area (TPSA) is 99.4 Å². The van der Waals surface area contributed by atoms with Crippen molar-refractivity contribution < 1.29 is 18.1 Å². The molecule has 1 aliphatic carbocycles. The molecule has 0 bridgehead atoms. The smallest absolute Gasteiger partial charge is 0.251 e. The van der Waals surface area contributed by atoms with Crippen molar-refractivity contribution in [1.82, 2.24) is 20.0 Å². The average molecular weight is 572 g/mol. The van der Waals surface area contributed by atoms with Gasteiger partial charge in [-0.25, -0.2) is 22.7 Å². The number of aromatic nitrogens is 4. The van der Waals surface area contributed by atoms with Gasteiger partial charge in [0.05, 0.1) is 35.1 Å². The second-order valence-electron chi connectivity index (χ2n) is 11.4. The number of hydrogen-bond donors (Lipinski definition) is 2. The number of nitrogens with one attached hydrogen (secondary N) is 1. The Labute approximate surface area is 235 Å². The van der Waals surface area contributed by atoms with Gasteiger partial charge in [0.15, 0.2) is 0 Å². The van der Waals surface area contributed by atoms with Gasteiger partial charge >= 0.3 is 0 Å². The molecular formula is C28H35F2N7O2S. The summed E-state index contributed by atoms with van der Waals surface area (Å²) < 4.78 is 44.6. The fourth-order valence-corrected chi connectivity index (χ4v) is 6.22. The molecule has 1 saturated carbocycles. The number of pyridine rings is 1. The molecule has 4 heterocycles. The minimum Gasteiger partial charge on any atom is -0.395 e. The van der Waals surface area contributed by atoms with Crippen LogP contribution in [-0.4, -0.2) is 73.3 Å². The number of nitrogens with zero attached hydrogens (tertiary/aromatic N) is 6. The second kappa shape index (κ2) is 10.7. The van der Waals surface area contributed by atoms with Gasteiger partial charge in [0.2, 0.25) is 0 Å².